The normalized spacial score (nSPS) is 19.0. The summed E-state index contributed by atoms with van der Waals surface area (Å²) >= 11 is 1.24. The van der Waals surface area contributed by atoms with E-state index in [1.165, 1.54) is 11.8 Å². The van der Waals surface area contributed by atoms with Crippen LogP contribution in [0.2, 0.25) is 0 Å². The molecule has 0 amide bonds. The van der Waals surface area contributed by atoms with E-state index in [1.807, 2.05) is 41.8 Å². The van der Waals surface area contributed by atoms with E-state index in [4.69, 9.17) is 4.74 Å². The summed E-state index contributed by atoms with van der Waals surface area (Å²) in [5, 5.41) is 9.02. The van der Waals surface area contributed by atoms with Gasteiger partial charge in [0.25, 0.3) is 0 Å². The highest BCUT2D eigenvalue weighted by Crippen LogP contribution is 2.24. The van der Waals surface area contributed by atoms with Crippen LogP contribution in [0.5, 0.6) is 0 Å². The second kappa shape index (κ2) is 7.57. The molecule has 1 aromatic carbocycles. The van der Waals surface area contributed by atoms with Gasteiger partial charge in [0.05, 0.1) is 17.3 Å². The number of thioether (sulfide) groups is 1. The van der Waals surface area contributed by atoms with E-state index >= 15 is 0 Å². The minimum absolute atomic E-state index is 0.0729. The maximum atomic E-state index is 12.0. The Hall–Kier alpha value is -1.87. The Labute approximate surface area is 150 Å². The molecule has 1 aliphatic heterocycles. The molecule has 1 saturated heterocycles. The third-order valence-electron chi connectivity index (χ3n) is 3.87. The van der Waals surface area contributed by atoms with Gasteiger partial charge >= 0.3 is 5.97 Å². The van der Waals surface area contributed by atoms with E-state index in [2.05, 4.69) is 10.2 Å². The van der Waals surface area contributed by atoms with Crippen LogP contribution < -0.4 is 0 Å². The van der Waals surface area contributed by atoms with Crippen molar-refractivity contribution in [1.29, 1.82) is 0 Å². The van der Waals surface area contributed by atoms with Crippen molar-refractivity contribution in [3.63, 3.8) is 0 Å². The molecule has 1 aliphatic rings. The zero-order valence-corrected chi connectivity index (χ0v) is 15.4. The lowest BCUT2D eigenvalue weighted by molar-refractivity contribution is -0.144. The van der Waals surface area contributed by atoms with Crippen LogP contribution >= 0.6 is 11.8 Å². The number of carbonyl (C=O) groups excluding carboxylic acids is 1. The van der Waals surface area contributed by atoms with Crippen molar-refractivity contribution in [2.45, 2.75) is 31.1 Å². The van der Waals surface area contributed by atoms with Crippen LogP contribution in [0.4, 0.5) is 0 Å². The first-order valence-electron chi connectivity index (χ1n) is 8.00. The third-order valence-corrected chi connectivity index (χ3v) is 6.55. The van der Waals surface area contributed by atoms with Crippen molar-refractivity contribution in [3.05, 3.63) is 30.3 Å². The Balaban J connectivity index is 1.62. The second-order valence-electron chi connectivity index (χ2n) is 5.72. The molecule has 134 valence electrons. The van der Waals surface area contributed by atoms with Gasteiger partial charge in [0.15, 0.2) is 20.8 Å². The molecule has 3 rings (SSSR count). The molecule has 1 fully saturated rings. The smallest absolute Gasteiger partial charge is 0.316 e. The number of ether oxygens (including phenoxy) is 1. The molecular formula is C16H19N3O4S2. The molecular weight excluding hydrogens is 362 g/mol. The van der Waals surface area contributed by atoms with E-state index in [0.717, 1.165) is 11.4 Å². The van der Waals surface area contributed by atoms with Crippen molar-refractivity contribution >= 4 is 27.6 Å². The summed E-state index contributed by atoms with van der Waals surface area (Å²) in [6, 6.07) is 9.72. The molecule has 2 aromatic rings. The van der Waals surface area contributed by atoms with Crippen LogP contribution in [0.3, 0.4) is 0 Å². The molecule has 9 heteroatoms. The SMILES string of the molecule is CCn1c(SCC(=O)O[C@@H]2CCS(=O)(=O)C2)nnc1-c1ccccc1. The number of sulfone groups is 1. The predicted octanol–water partition coefficient (Wildman–Crippen LogP) is 1.79. The molecule has 0 unspecified atom stereocenters. The summed E-state index contributed by atoms with van der Waals surface area (Å²) in [5.41, 5.74) is 0.961. The molecule has 1 atom stereocenters. The summed E-state index contributed by atoms with van der Waals surface area (Å²) in [7, 11) is -3.06. The van der Waals surface area contributed by atoms with Crippen LogP contribution in [-0.4, -0.2) is 52.5 Å². The maximum Gasteiger partial charge on any atom is 0.316 e. The Morgan fingerprint density at radius 2 is 2.08 bits per heavy atom. The summed E-state index contributed by atoms with van der Waals surface area (Å²) in [6.45, 7) is 2.66. The average Bonchev–Trinajstić information content (AvgIpc) is 3.16. The van der Waals surface area contributed by atoms with E-state index < -0.39 is 21.9 Å². The first-order chi connectivity index (χ1) is 12.0. The van der Waals surface area contributed by atoms with Gasteiger partial charge in [-0.1, -0.05) is 42.1 Å². The summed E-state index contributed by atoms with van der Waals surface area (Å²) in [4.78, 5) is 12.0. The minimum Gasteiger partial charge on any atom is -0.461 e. The topological polar surface area (TPSA) is 91.2 Å². The zero-order valence-electron chi connectivity index (χ0n) is 13.8. The van der Waals surface area contributed by atoms with Crippen LogP contribution in [-0.2, 0) is 25.9 Å². The number of rotatable bonds is 6. The zero-order chi connectivity index (χ0) is 17.9. The Morgan fingerprint density at radius 1 is 1.32 bits per heavy atom. The van der Waals surface area contributed by atoms with Crippen molar-refractivity contribution in [1.82, 2.24) is 14.8 Å². The largest absolute Gasteiger partial charge is 0.461 e. The Bertz CT molecular complexity index is 850. The fourth-order valence-corrected chi connectivity index (χ4v) is 5.05. The second-order valence-corrected chi connectivity index (χ2v) is 8.89. The van der Waals surface area contributed by atoms with Crippen LogP contribution in [0.25, 0.3) is 11.4 Å². The van der Waals surface area contributed by atoms with E-state index in [-0.39, 0.29) is 17.3 Å². The summed E-state index contributed by atoms with van der Waals surface area (Å²) in [6.07, 6.45) is -0.149. The van der Waals surface area contributed by atoms with Gasteiger partial charge in [0, 0.05) is 12.1 Å². The molecule has 1 aromatic heterocycles. The molecule has 0 spiro atoms. The molecule has 0 saturated carbocycles. The van der Waals surface area contributed by atoms with E-state index in [9.17, 15) is 13.2 Å². The van der Waals surface area contributed by atoms with Gasteiger partial charge in [0.1, 0.15) is 6.10 Å². The van der Waals surface area contributed by atoms with Crippen molar-refractivity contribution < 1.29 is 17.9 Å². The quantitative estimate of drug-likeness (QED) is 0.556. The molecule has 2 heterocycles. The fourth-order valence-electron chi connectivity index (χ4n) is 2.68. The number of aromatic nitrogens is 3. The molecule has 7 nitrogen and oxygen atoms in total. The highest BCUT2D eigenvalue weighted by Gasteiger charge is 2.30. The first kappa shape index (κ1) is 17.9. The van der Waals surface area contributed by atoms with E-state index in [0.29, 0.717) is 18.1 Å². The van der Waals surface area contributed by atoms with Gasteiger partial charge in [-0.05, 0) is 13.3 Å². The third kappa shape index (κ3) is 4.40. The monoisotopic (exact) mass is 381 g/mol. The lowest BCUT2D eigenvalue weighted by atomic mass is 10.2. The molecule has 0 N–H and O–H groups in total. The van der Waals surface area contributed by atoms with Crippen molar-refractivity contribution in [3.8, 4) is 11.4 Å². The fraction of sp³-hybridized carbons (Fsp3) is 0.438. The predicted molar refractivity (Wildman–Crippen MR) is 95.0 cm³/mol. The van der Waals surface area contributed by atoms with Crippen LogP contribution in [0.15, 0.2) is 35.5 Å². The van der Waals surface area contributed by atoms with Gasteiger partial charge in [-0.25, -0.2) is 8.42 Å². The van der Waals surface area contributed by atoms with Crippen LogP contribution in [0, 0.1) is 0 Å². The van der Waals surface area contributed by atoms with Crippen molar-refractivity contribution in [2.24, 2.45) is 0 Å². The minimum atomic E-state index is -3.06. The van der Waals surface area contributed by atoms with Gasteiger partial charge in [0.2, 0.25) is 0 Å². The highest BCUT2D eigenvalue weighted by molar-refractivity contribution is 7.99. The molecule has 25 heavy (non-hydrogen) atoms. The Kier molecular flexibility index (Phi) is 5.43. The number of nitrogens with zero attached hydrogens (tertiary/aromatic N) is 3. The van der Waals surface area contributed by atoms with Gasteiger partial charge in [-0.3, -0.25) is 4.79 Å². The standard InChI is InChI=1S/C16H19N3O4S2/c1-2-19-15(12-6-4-3-5-7-12)17-18-16(19)24-10-14(20)23-13-8-9-25(21,22)11-13/h3-7,13H,2,8-11H2,1H3/t13-/m1/s1. The number of benzene rings is 1. The van der Waals surface area contributed by atoms with Crippen molar-refractivity contribution in [2.75, 3.05) is 17.3 Å². The number of esters is 1. The first-order valence-corrected chi connectivity index (χ1v) is 10.8. The number of hydrogen-bond acceptors (Lipinski definition) is 7. The number of carbonyl (C=O) groups is 1. The maximum absolute atomic E-state index is 12.0. The highest BCUT2D eigenvalue weighted by atomic mass is 32.2. The lowest BCUT2D eigenvalue weighted by Gasteiger charge is -2.10. The average molecular weight is 381 g/mol. The van der Waals surface area contributed by atoms with Crippen LogP contribution in [0.1, 0.15) is 13.3 Å². The Morgan fingerprint density at radius 3 is 2.72 bits per heavy atom. The molecule has 0 bridgehead atoms. The van der Waals surface area contributed by atoms with Gasteiger partial charge < -0.3 is 9.30 Å². The molecule has 0 aliphatic carbocycles. The van der Waals surface area contributed by atoms with E-state index in [1.54, 1.807) is 0 Å². The summed E-state index contributed by atoms with van der Waals surface area (Å²) in [5.74, 6) is 0.402. The summed E-state index contributed by atoms with van der Waals surface area (Å²) < 4.78 is 30.0. The molecule has 0 radical (unpaired) electrons. The number of hydrogen-bond donors (Lipinski definition) is 0. The lowest BCUT2D eigenvalue weighted by Crippen LogP contribution is -2.20. The van der Waals surface area contributed by atoms with Gasteiger partial charge in [-0.15, -0.1) is 10.2 Å². The van der Waals surface area contributed by atoms with Gasteiger partial charge in [-0.2, -0.15) is 0 Å².